The minimum Gasteiger partial charge on any atom is -0.380 e. The van der Waals surface area contributed by atoms with Crippen molar-refractivity contribution >= 4 is 17.4 Å². The minimum atomic E-state index is 0.482. The third kappa shape index (κ3) is 2.34. The van der Waals surface area contributed by atoms with E-state index in [1.54, 1.807) is 0 Å². The molecule has 2 N–H and O–H groups in total. The average Bonchev–Trinajstić information content (AvgIpc) is 3.17. The van der Waals surface area contributed by atoms with E-state index in [0.29, 0.717) is 5.82 Å². The molecule has 1 aromatic carbocycles. The Kier molecular flexibility index (Phi) is 3.18. The van der Waals surface area contributed by atoms with Crippen LogP contribution in [0.3, 0.4) is 0 Å². The van der Waals surface area contributed by atoms with Crippen molar-refractivity contribution in [1.29, 1.82) is 0 Å². The topological polar surface area (TPSA) is 52.0 Å². The number of aromatic nitrogens is 1. The molecule has 2 bridgehead atoms. The van der Waals surface area contributed by atoms with Crippen molar-refractivity contribution in [2.24, 2.45) is 17.8 Å². The van der Waals surface area contributed by atoms with Gasteiger partial charge in [0.2, 0.25) is 0 Å². The van der Waals surface area contributed by atoms with Gasteiger partial charge in [0.1, 0.15) is 5.76 Å². The van der Waals surface area contributed by atoms with E-state index in [1.165, 1.54) is 25.7 Å². The van der Waals surface area contributed by atoms with Gasteiger partial charge in [-0.2, -0.15) is 0 Å². The molecule has 110 valence electrons. The summed E-state index contributed by atoms with van der Waals surface area (Å²) in [6.07, 6.45) is 6.51. The van der Waals surface area contributed by atoms with Gasteiger partial charge in [0.05, 0.1) is 5.56 Å². The fraction of sp³-hybridized carbons (Fsp3) is 0.471. The van der Waals surface area contributed by atoms with Crippen LogP contribution in [0.1, 0.15) is 31.4 Å². The van der Waals surface area contributed by atoms with Crippen molar-refractivity contribution in [3.8, 4) is 11.1 Å². The van der Waals surface area contributed by atoms with Gasteiger partial charge in [-0.15, -0.1) is 0 Å². The molecule has 2 aromatic rings. The Labute approximate surface area is 129 Å². The first-order valence-corrected chi connectivity index (χ1v) is 8.08. The van der Waals surface area contributed by atoms with Crippen LogP contribution < -0.4 is 5.73 Å². The molecule has 3 unspecified atom stereocenters. The summed E-state index contributed by atoms with van der Waals surface area (Å²) >= 11 is 5.96. The predicted molar refractivity (Wildman–Crippen MR) is 84.0 cm³/mol. The third-order valence-corrected chi connectivity index (χ3v) is 5.51. The number of halogens is 1. The summed E-state index contributed by atoms with van der Waals surface area (Å²) in [6, 6.07) is 7.72. The monoisotopic (exact) mass is 302 g/mol. The fourth-order valence-corrected chi connectivity index (χ4v) is 4.39. The van der Waals surface area contributed by atoms with Crippen LogP contribution in [0, 0.1) is 17.8 Å². The number of nitrogens with zero attached hydrogens (tertiary/aromatic N) is 1. The standard InChI is InChI=1S/C17H19ClN2O/c18-14-5-3-11(4-6-14)16-15(21-20-17(16)19)9-13-8-10-1-2-12(13)7-10/h3-6,10,12-13H,1-2,7-9H2,(H2,19,20). The second kappa shape index (κ2) is 5.06. The van der Waals surface area contributed by atoms with Crippen LogP contribution >= 0.6 is 11.6 Å². The van der Waals surface area contributed by atoms with Crippen LogP contribution in [0.4, 0.5) is 5.82 Å². The molecule has 1 heterocycles. The fourth-order valence-electron chi connectivity index (χ4n) is 4.27. The Morgan fingerprint density at radius 3 is 2.67 bits per heavy atom. The lowest BCUT2D eigenvalue weighted by atomic mass is 9.85. The maximum absolute atomic E-state index is 6.02. The highest BCUT2D eigenvalue weighted by molar-refractivity contribution is 6.30. The molecular weight excluding hydrogens is 284 g/mol. The van der Waals surface area contributed by atoms with Gasteiger partial charge in [-0.3, -0.25) is 0 Å². The van der Waals surface area contributed by atoms with Gasteiger partial charge in [0.15, 0.2) is 5.82 Å². The van der Waals surface area contributed by atoms with Crippen LogP contribution in [0.15, 0.2) is 28.8 Å². The lowest BCUT2D eigenvalue weighted by molar-refractivity contribution is 0.294. The zero-order valence-corrected chi connectivity index (χ0v) is 12.6. The Bertz CT molecular complexity index is 649. The first kappa shape index (κ1) is 13.2. The SMILES string of the molecule is Nc1noc(CC2CC3CCC2C3)c1-c1ccc(Cl)cc1. The molecule has 2 saturated carbocycles. The molecule has 4 heteroatoms. The summed E-state index contributed by atoms with van der Waals surface area (Å²) in [6.45, 7) is 0. The van der Waals surface area contributed by atoms with Crippen LogP contribution in [0.25, 0.3) is 11.1 Å². The molecule has 4 rings (SSSR count). The van der Waals surface area contributed by atoms with E-state index >= 15 is 0 Å². The Morgan fingerprint density at radius 1 is 1.19 bits per heavy atom. The molecule has 1 aromatic heterocycles. The number of benzene rings is 1. The second-order valence-electron chi connectivity index (χ2n) is 6.51. The summed E-state index contributed by atoms with van der Waals surface area (Å²) in [5, 5.41) is 4.71. The molecule has 0 aliphatic heterocycles. The van der Waals surface area contributed by atoms with Crippen LogP contribution in [-0.2, 0) is 6.42 Å². The van der Waals surface area contributed by atoms with E-state index in [-0.39, 0.29) is 0 Å². The summed E-state index contributed by atoms with van der Waals surface area (Å²) in [5.74, 6) is 3.98. The molecule has 0 spiro atoms. The number of hydrogen-bond donors (Lipinski definition) is 1. The van der Waals surface area contributed by atoms with E-state index in [1.807, 2.05) is 24.3 Å². The number of rotatable bonds is 3. The zero-order valence-electron chi connectivity index (χ0n) is 11.9. The molecule has 0 saturated heterocycles. The Hall–Kier alpha value is -1.48. The van der Waals surface area contributed by atoms with Gasteiger partial charge in [0.25, 0.3) is 0 Å². The van der Waals surface area contributed by atoms with E-state index in [2.05, 4.69) is 5.16 Å². The summed E-state index contributed by atoms with van der Waals surface area (Å²) < 4.78 is 5.54. The maximum Gasteiger partial charge on any atom is 0.175 e. The van der Waals surface area contributed by atoms with Crippen molar-refractivity contribution in [3.63, 3.8) is 0 Å². The van der Waals surface area contributed by atoms with Gasteiger partial charge < -0.3 is 10.3 Å². The first-order chi connectivity index (χ1) is 10.2. The first-order valence-electron chi connectivity index (χ1n) is 7.70. The van der Waals surface area contributed by atoms with Crippen molar-refractivity contribution < 1.29 is 4.52 Å². The molecule has 3 atom stereocenters. The average molecular weight is 303 g/mol. The lowest BCUT2D eigenvalue weighted by Gasteiger charge is -2.20. The number of hydrogen-bond acceptors (Lipinski definition) is 3. The van der Waals surface area contributed by atoms with Crippen molar-refractivity contribution in [2.45, 2.75) is 32.1 Å². The van der Waals surface area contributed by atoms with E-state index in [4.69, 9.17) is 21.9 Å². The Balaban J connectivity index is 1.63. The van der Waals surface area contributed by atoms with E-state index < -0.39 is 0 Å². The summed E-state index contributed by atoms with van der Waals surface area (Å²) in [4.78, 5) is 0. The Morgan fingerprint density at radius 2 is 2.00 bits per heavy atom. The van der Waals surface area contributed by atoms with Crippen LogP contribution in [-0.4, -0.2) is 5.16 Å². The largest absolute Gasteiger partial charge is 0.380 e. The highest BCUT2D eigenvalue weighted by atomic mass is 35.5. The molecule has 0 amide bonds. The number of nitrogen functional groups attached to an aromatic ring is 1. The lowest BCUT2D eigenvalue weighted by Crippen LogP contribution is -2.13. The highest BCUT2D eigenvalue weighted by Crippen LogP contribution is 2.50. The smallest absolute Gasteiger partial charge is 0.175 e. The molecule has 2 aliphatic rings. The molecule has 3 nitrogen and oxygen atoms in total. The van der Waals surface area contributed by atoms with Gasteiger partial charge >= 0.3 is 0 Å². The van der Waals surface area contributed by atoms with Crippen LogP contribution in [0.2, 0.25) is 5.02 Å². The molecule has 0 radical (unpaired) electrons. The van der Waals surface area contributed by atoms with Crippen molar-refractivity contribution in [3.05, 3.63) is 35.0 Å². The molecule has 2 aliphatic carbocycles. The molecule has 2 fully saturated rings. The number of anilines is 1. The van der Waals surface area contributed by atoms with E-state index in [0.717, 1.165) is 46.1 Å². The minimum absolute atomic E-state index is 0.482. The maximum atomic E-state index is 6.02. The highest BCUT2D eigenvalue weighted by Gasteiger charge is 2.40. The zero-order chi connectivity index (χ0) is 14.4. The van der Waals surface area contributed by atoms with Gasteiger partial charge in [-0.05, 0) is 54.7 Å². The van der Waals surface area contributed by atoms with Gasteiger partial charge in [0, 0.05) is 11.4 Å². The van der Waals surface area contributed by atoms with Crippen molar-refractivity contribution in [1.82, 2.24) is 5.16 Å². The van der Waals surface area contributed by atoms with Crippen molar-refractivity contribution in [2.75, 3.05) is 5.73 Å². The predicted octanol–water partition coefficient (Wildman–Crippen LogP) is 4.56. The second-order valence-corrected chi connectivity index (χ2v) is 6.95. The third-order valence-electron chi connectivity index (χ3n) is 5.25. The molecule has 21 heavy (non-hydrogen) atoms. The summed E-state index contributed by atoms with van der Waals surface area (Å²) in [5.41, 5.74) is 8.02. The molecular formula is C17H19ClN2O. The van der Waals surface area contributed by atoms with Crippen LogP contribution in [0.5, 0.6) is 0 Å². The number of nitrogens with two attached hydrogens (primary N) is 1. The van der Waals surface area contributed by atoms with Gasteiger partial charge in [-0.25, -0.2) is 0 Å². The summed E-state index contributed by atoms with van der Waals surface area (Å²) in [7, 11) is 0. The van der Waals surface area contributed by atoms with E-state index in [9.17, 15) is 0 Å². The normalized spacial score (nSPS) is 27.4. The van der Waals surface area contributed by atoms with Gasteiger partial charge in [-0.1, -0.05) is 35.3 Å². The quantitative estimate of drug-likeness (QED) is 0.904. The number of fused-ring (bicyclic) bond motifs is 2.